The van der Waals surface area contributed by atoms with E-state index in [0.29, 0.717) is 21.9 Å². The van der Waals surface area contributed by atoms with Gasteiger partial charge in [0.05, 0.1) is 22.9 Å². The highest BCUT2D eigenvalue weighted by molar-refractivity contribution is 6.29. The van der Waals surface area contributed by atoms with Crippen LogP contribution in [0, 0.1) is 5.82 Å². The second-order valence-electron chi connectivity index (χ2n) is 3.78. The molecule has 0 saturated heterocycles. The van der Waals surface area contributed by atoms with E-state index in [0.717, 1.165) is 0 Å². The molecule has 3 aromatic rings. The maximum absolute atomic E-state index is 13.3. The van der Waals surface area contributed by atoms with E-state index < -0.39 is 0 Å². The van der Waals surface area contributed by atoms with Crippen molar-refractivity contribution in [2.24, 2.45) is 0 Å². The van der Waals surface area contributed by atoms with Gasteiger partial charge >= 0.3 is 0 Å². The van der Waals surface area contributed by atoms with E-state index in [1.807, 2.05) is 0 Å². The maximum Gasteiger partial charge on any atom is 0.205 e. The Labute approximate surface area is 107 Å². The van der Waals surface area contributed by atoms with Gasteiger partial charge in [-0.25, -0.2) is 14.4 Å². The lowest BCUT2D eigenvalue weighted by atomic mass is 10.3. The number of halogens is 2. The van der Waals surface area contributed by atoms with Gasteiger partial charge in [0.2, 0.25) is 5.95 Å². The van der Waals surface area contributed by atoms with Crippen LogP contribution in [0.5, 0.6) is 0 Å². The van der Waals surface area contributed by atoms with E-state index in [4.69, 9.17) is 17.3 Å². The standard InChI is InChI=1S/C12H8ClFN4/c13-11-4-2-8(6-16-11)18-10-5-7(14)1-3-9(10)17-12(18)15/h1-6H,(H2,15,17). The summed E-state index contributed by atoms with van der Waals surface area (Å²) in [6.07, 6.45) is 1.56. The summed E-state index contributed by atoms with van der Waals surface area (Å²) >= 11 is 5.73. The molecule has 0 unspecified atom stereocenters. The van der Waals surface area contributed by atoms with Crippen LogP contribution in [0.1, 0.15) is 0 Å². The molecule has 18 heavy (non-hydrogen) atoms. The molecule has 0 aliphatic rings. The number of hydrogen-bond acceptors (Lipinski definition) is 3. The third-order valence-corrected chi connectivity index (χ3v) is 2.84. The highest BCUT2D eigenvalue weighted by atomic mass is 35.5. The highest BCUT2D eigenvalue weighted by Crippen LogP contribution is 2.23. The van der Waals surface area contributed by atoms with Crippen LogP contribution < -0.4 is 5.73 Å². The summed E-state index contributed by atoms with van der Waals surface area (Å²) in [5, 5.41) is 0.382. The molecule has 4 nitrogen and oxygen atoms in total. The lowest BCUT2D eigenvalue weighted by Gasteiger charge is -2.05. The third kappa shape index (κ3) is 1.69. The second-order valence-corrected chi connectivity index (χ2v) is 4.16. The Kier molecular flexibility index (Phi) is 2.41. The van der Waals surface area contributed by atoms with Crippen molar-refractivity contribution in [2.75, 3.05) is 5.73 Å². The van der Waals surface area contributed by atoms with Gasteiger partial charge in [-0.15, -0.1) is 0 Å². The van der Waals surface area contributed by atoms with Crippen molar-refractivity contribution < 1.29 is 4.39 Å². The van der Waals surface area contributed by atoms with E-state index in [-0.39, 0.29) is 11.8 Å². The first-order chi connectivity index (χ1) is 8.65. The van der Waals surface area contributed by atoms with E-state index >= 15 is 0 Å². The van der Waals surface area contributed by atoms with Crippen molar-refractivity contribution >= 4 is 28.6 Å². The molecule has 1 aromatic carbocycles. The predicted molar refractivity (Wildman–Crippen MR) is 68.2 cm³/mol. The van der Waals surface area contributed by atoms with Crippen molar-refractivity contribution in [1.29, 1.82) is 0 Å². The molecular formula is C12H8ClFN4. The van der Waals surface area contributed by atoms with Crippen LogP contribution in [-0.2, 0) is 0 Å². The summed E-state index contributed by atoms with van der Waals surface area (Å²) in [7, 11) is 0. The molecule has 0 aliphatic carbocycles. The molecule has 2 aromatic heterocycles. The molecule has 0 aliphatic heterocycles. The first kappa shape index (κ1) is 11.0. The van der Waals surface area contributed by atoms with Crippen molar-refractivity contribution in [2.45, 2.75) is 0 Å². The largest absolute Gasteiger partial charge is 0.369 e. The molecule has 3 rings (SSSR count). The highest BCUT2D eigenvalue weighted by Gasteiger charge is 2.10. The fourth-order valence-electron chi connectivity index (χ4n) is 1.84. The van der Waals surface area contributed by atoms with Crippen molar-refractivity contribution in [3.8, 4) is 5.69 Å². The Balaban J connectivity index is 2.30. The lowest BCUT2D eigenvalue weighted by Crippen LogP contribution is -2.01. The van der Waals surface area contributed by atoms with Crippen LogP contribution in [-0.4, -0.2) is 14.5 Å². The number of benzene rings is 1. The lowest BCUT2D eigenvalue weighted by molar-refractivity contribution is 0.629. The van der Waals surface area contributed by atoms with Crippen molar-refractivity contribution in [3.05, 3.63) is 47.5 Å². The van der Waals surface area contributed by atoms with Crippen LogP contribution in [0.4, 0.5) is 10.3 Å². The Morgan fingerprint density at radius 3 is 2.78 bits per heavy atom. The molecule has 6 heteroatoms. The summed E-state index contributed by atoms with van der Waals surface area (Å²) in [6, 6.07) is 7.70. The second kappa shape index (κ2) is 3.96. The van der Waals surface area contributed by atoms with Gasteiger partial charge in [-0.05, 0) is 24.3 Å². The minimum absolute atomic E-state index is 0.278. The maximum atomic E-state index is 13.3. The molecule has 0 radical (unpaired) electrons. The predicted octanol–water partition coefficient (Wildman–Crippen LogP) is 2.80. The average Bonchev–Trinajstić information content (AvgIpc) is 2.66. The summed E-state index contributed by atoms with van der Waals surface area (Å²) in [5.41, 5.74) is 7.75. The van der Waals surface area contributed by atoms with E-state index in [1.165, 1.54) is 12.1 Å². The SMILES string of the molecule is Nc1nc2ccc(F)cc2n1-c1ccc(Cl)nc1. The molecule has 2 heterocycles. The number of fused-ring (bicyclic) bond motifs is 1. The van der Waals surface area contributed by atoms with Crippen molar-refractivity contribution in [1.82, 2.24) is 14.5 Å². The number of nitrogens with two attached hydrogens (primary N) is 1. The smallest absolute Gasteiger partial charge is 0.205 e. The molecule has 0 saturated carbocycles. The monoisotopic (exact) mass is 262 g/mol. The zero-order chi connectivity index (χ0) is 12.7. The van der Waals surface area contributed by atoms with Gasteiger partial charge in [0.1, 0.15) is 11.0 Å². The van der Waals surface area contributed by atoms with Gasteiger partial charge in [0.15, 0.2) is 0 Å². The van der Waals surface area contributed by atoms with E-state index in [9.17, 15) is 4.39 Å². The number of imidazole rings is 1. The summed E-state index contributed by atoms with van der Waals surface area (Å²) in [6.45, 7) is 0. The minimum atomic E-state index is -0.342. The number of nitrogen functional groups attached to an aromatic ring is 1. The first-order valence-electron chi connectivity index (χ1n) is 5.20. The molecule has 90 valence electrons. The minimum Gasteiger partial charge on any atom is -0.369 e. The number of hydrogen-bond donors (Lipinski definition) is 1. The Morgan fingerprint density at radius 1 is 1.22 bits per heavy atom. The zero-order valence-corrected chi connectivity index (χ0v) is 9.89. The third-order valence-electron chi connectivity index (χ3n) is 2.61. The van der Waals surface area contributed by atoms with Crippen LogP contribution in [0.2, 0.25) is 5.15 Å². The van der Waals surface area contributed by atoms with Crippen LogP contribution in [0.3, 0.4) is 0 Å². The van der Waals surface area contributed by atoms with Crippen molar-refractivity contribution in [3.63, 3.8) is 0 Å². The van der Waals surface area contributed by atoms with Gasteiger partial charge in [0, 0.05) is 6.07 Å². The number of nitrogens with zero attached hydrogens (tertiary/aromatic N) is 3. The van der Waals surface area contributed by atoms with Crippen LogP contribution in [0.15, 0.2) is 36.5 Å². The van der Waals surface area contributed by atoms with Gasteiger partial charge in [-0.2, -0.15) is 0 Å². The van der Waals surface area contributed by atoms with Gasteiger partial charge in [-0.1, -0.05) is 11.6 Å². The Morgan fingerprint density at radius 2 is 2.06 bits per heavy atom. The molecular weight excluding hydrogens is 255 g/mol. The number of aromatic nitrogens is 3. The number of rotatable bonds is 1. The summed E-state index contributed by atoms with van der Waals surface area (Å²) < 4.78 is 14.9. The average molecular weight is 263 g/mol. The van der Waals surface area contributed by atoms with Gasteiger partial charge in [-0.3, -0.25) is 4.57 Å². The Hall–Kier alpha value is -2.14. The molecule has 0 bridgehead atoms. The zero-order valence-electron chi connectivity index (χ0n) is 9.14. The first-order valence-corrected chi connectivity index (χ1v) is 5.58. The van der Waals surface area contributed by atoms with Crippen LogP contribution >= 0.6 is 11.6 Å². The van der Waals surface area contributed by atoms with E-state index in [1.54, 1.807) is 29.0 Å². The molecule has 0 atom stereocenters. The molecule has 0 amide bonds. The molecule has 2 N–H and O–H groups in total. The number of anilines is 1. The molecule has 0 fully saturated rings. The van der Waals surface area contributed by atoms with Gasteiger partial charge < -0.3 is 5.73 Å². The topological polar surface area (TPSA) is 56.7 Å². The van der Waals surface area contributed by atoms with Gasteiger partial charge in [0.25, 0.3) is 0 Å². The van der Waals surface area contributed by atoms with Crippen LogP contribution in [0.25, 0.3) is 16.7 Å². The quantitative estimate of drug-likeness (QED) is 0.686. The number of pyridine rings is 1. The van der Waals surface area contributed by atoms with E-state index in [2.05, 4.69) is 9.97 Å². The summed E-state index contributed by atoms with van der Waals surface area (Å²) in [5.74, 6) is -0.0645. The normalized spacial score (nSPS) is 11.0. The summed E-state index contributed by atoms with van der Waals surface area (Å²) in [4.78, 5) is 8.14. The fraction of sp³-hybridized carbons (Fsp3) is 0. The molecule has 0 spiro atoms. The Bertz CT molecular complexity index is 721. The fourth-order valence-corrected chi connectivity index (χ4v) is 1.95.